The minimum absolute atomic E-state index is 0.593. The van der Waals surface area contributed by atoms with Crippen LogP contribution in [0.1, 0.15) is 11.1 Å². The van der Waals surface area contributed by atoms with Crippen LogP contribution in [0, 0.1) is 29.2 Å². The van der Waals surface area contributed by atoms with Crippen molar-refractivity contribution in [2.75, 3.05) is 0 Å². The molecule has 3 heterocycles. The third-order valence-corrected chi connectivity index (χ3v) is 9.68. The predicted octanol–water partition coefficient (Wildman–Crippen LogP) is 9.63. The Balaban J connectivity index is 1.38. The van der Waals surface area contributed by atoms with Crippen LogP contribution in [0.4, 0.5) is 5.69 Å². The highest BCUT2D eigenvalue weighted by Gasteiger charge is 2.18. The van der Waals surface area contributed by atoms with Gasteiger partial charge < -0.3 is 4.57 Å². The first-order valence-electron chi connectivity index (χ1n) is 13.3. The van der Waals surface area contributed by atoms with Crippen LogP contribution in [-0.2, 0) is 0 Å². The maximum atomic E-state index is 9.94. The summed E-state index contributed by atoms with van der Waals surface area (Å²) in [5, 5.41) is 23.1. The van der Waals surface area contributed by atoms with E-state index in [1.807, 2.05) is 48.5 Å². The van der Waals surface area contributed by atoms with Gasteiger partial charge in [0.2, 0.25) is 0 Å². The molecule has 0 unspecified atom stereocenters. The van der Waals surface area contributed by atoms with E-state index in [0.717, 1.165) is 69.1 Å². The highest BCUT2D eigenvalue weighted by atomic mass is 32.1. The molecule has 0 aliphatic heterocycles. The van der Waals surface area contributed by atoms with Crippen LogP contribution >= 0.6 is 22.7 Å². The third kappa shape index (κ3) is 3.96. The monoisotopic (exact) mass is 584 g/mol. The SMILES string of the molecule is [C-]#[N+]c1ccc2nc(-c3ccc4c(c3)c3cc(-c5nc6ccc(C#N)cc6s5)ccc3n4-c3ccccc3C#N)sc2c1. The lowest BCUT2D eigenvalue weighted by atomic mass is 10.1. The van der Waals surface area contributed by atoms with Crippen molar-refractivity contribution in [1.29, 1.82) is 10.5 Å². The lowest BCUT2D eigenvalue weighted by Crippen LogP contribution is -1.97. The van der Waals surface area contributed by atoms with Gasteiger partial charge in [-0.25, -0.2) is 14.8 Å². The quantitative estimate of drug-likeness (QED) is 0.194. The van der Waals surface area contributed by atoms with Crippen molar-refractivity contribution in [1.82, 2.24) is 14.5 Å². The average molecular weight is 585 g/mol. The Morgan fingerprint density at radius 1 is 0.674 bits per heavy atom. The smallest absolute Gasteiger partial charge is 0.188 e. The number of fused-ring (bicyclic) bond motifs is 5. The lowest BCUT2D eigenvalue weighted by molar-refractivity contribution is 1.17. The topological polar surface area (TPSA) is 82.7 Å². The van der Waals surface area contributed by atoms with Crippen molar-refractivity contribution in [2.45, 2.75) is 0 Å². The van der Waals surface area contributed by atoms with Crippen LogP contribution in [0.2, 0.25) is 0 Å². The molecule has 0 saturated carbocycles. The minimum atomic E-state index is 0.593. The molecule has 0 amide bonds. The summed E-state index contributed by atoms with van der Waals surface area (Å²) in [6.07, 6.45) is 0. The second kappa shape index (κ2) is 9.62. The number of hydrogen-bond donors (Lipinski definition) is 0. The predicted molar refractivity (Wildman–Crippen MR) is 174 cm³/mol. The molecule has 0 radical (unpaired) electrons. The van der Waals surface area contributed by atoms with Gasteiger partial charge in [0, 0.05) is 26.6 Å². The first-order valence-corrected chi connectivity index (χ1v) is 14.9. The number of hydrogen-bond acceptors (Lipinski definition) is 6. The highest BCUT2D eigenvalue weighted by molar-refractivity contribution is 7.22. The molecule has 0 aliphatic rings. The number of rotatable bonds is 3. The van der Waals surface area contributed by atoms with Crippen LogP contribution in [0.5, 0.6) is 0 Å². The van der Waals surface area contributed by atoms with Gasteiger partial charge in [-0.3, -0.25) is 0 Å². The van der Waals surface area contributed by atoms with Gasteiger partial charge in [0.15, 0.2) is 5.69 Å². The summed E-state index contributed by atoms with van der Waals surface area (Å²) >= 11 is 3.14. The number of thiazole rings is 2. The van der Waals surface area contributed by atoms with Gasteiger partial charge in [-0.2, -0.15) is 10.5 Å². The summed E-state index contributed by atoms with van der Waals surface area (Å²) in [5.74, 6) is 0. The van der Waals surface area contributed by atoms with E-state index in [-0.39, 0.29) is 0 Å². The number of nitrogens with zero attached hydrogens (tertiary/aromatic N) is 6. The van der Waals surface area contributed by atoms with Crippen LogP contribution in [-0.4, -0.2) is 14.5 Å². The van der Waals surface area contributed by atoms with E-state index in [1.165, 1.54) is 0 Å². The molecule has 43 heavy (non-hydrogen) atoms. The molecule has 8 rings (SSSR count). The van der Waals surface area contributed by atoms with Crippen molar-refractivity contribution >= 4 is 70.6 Å². The molecule has 0 fully saturated rings. The fraction of sp³-hybridized carbons (Fsp3) is 0. The zero-order chi connectivity index (χ0) is 29.1. The Labute approximate surface area is 253 Å². The Hall–Kier alpha value is -5.85. The second-order valence-electron chi connectivity index (χ2n) is 10.0. The summed E-state index contributed by atoms with van der Waals surface area (Å²) < 4.78 is 4.10. The van der Waals surface area contributed by atoms with Crippen LogP contribution in [0.3, 0.4) is 0 Å². The normalized spacial score (nSPS) is 11.2. The van der Waals surface area contributed by atoms with E-state index in [2.05, 4.69) is 57.9 Å². The zero-order valence-corrected chi connectivity index (χ0v) is 23.9. The standard InChI is InChI=1S/C35H16N6S2/c1-38-24-9-11-28-33(17-24)43-35(40-28)22-8-13-31-26(16-22)25-15-21(34-39-27-10-6-20(18-36)14-32(27)42-34)7-12-30(25)41(31)29-5-3-2-4-23(29)19-37/h2-17H. The first kappa shape index (κ1) is 24.9. The molecule has 0 aliphatic carbocycles. The van der Waals surface area contributed by atoms with E-state index >= 15 is 0 Å². The van der Waals surface area contributed by atoms with E-state index in [1.54, 1.807) is 34.8 Å². The van der Waals surface area contributed by atoms with Gasteiger partial charge in [0.25, 0.3) is 0 Å². The second-order valence-corrected chi connectivity index (χ2v) is 12.1. The van der Waals surface area contributed by atoms with Gasteiger partial charge in [-0.05, 0) is 78.9 Å². The molecule has 3 aromatic heterocycles. The summed E-state index contributed by atoms with van der Waals surface area (Å²) in [6.45, 7) is 7.36. The van der Waals surface area contributed by atoms with Crippen LogP contribution in [0.15, 0.2) is 97.1 Å². The fourth-order valence-corrected chi connectivity index (χ4v) is 7.53. The minimum Gasteiger partial charge on any atom is -0.308 e. The Bertz CT molecular complexity index is 2420. The van der Waals surface area contributed by atoms with Gasteiger partial charge in [0.05, 0.1) is 56.2 Å². The molecule has 198 valence electrons. The molecule has 6 nitrogen and oxygen atoms in total. The van der Waals surface area contributed by atoms with Crippen LogP contribution < -0.4 is 0 Å². The average Bonchev–Trinajstić information content (AvgIpc) is 3.77. The summed E-state index contributed by atoms with van der Waals surface area (Å²) in [4.78, 5) is 13.3. The first-order chi connectivity index (χ1) is 21.1. The Morgan fingerprint density at radius 2 is 1.30 bits per heavy atom. The van der Waals surface area contributed by atoms with Gasteiger partial charge >= 0.3 is 0 Å². The number of para-hydroxylation sites is 1. The molecule has 5 aromatic carbocycles. The number of benzene rings is 5. The zero-order valence-electron chi connectivity index (χ0n) is 22.2. The summed E-state index contributed by atoms with van der Waals surface area (Å²) in [7, 11) is 0. The summed E-state index contributed by atoms with van der Waals surface area (Å²) in [5.41, 5.74) is 8.30. The molecular formula is C35H16N6S2. The van der Waals surface area contributed by atoms with Crippen molar-refractivity contribution < 1.29 is 0 Å². The Kier molecular flexibility index (Phi) is 5.57. The van der Waals surface area contributed by atoms with Crippen molar-refractivity contribution in [3.8, 4) is 39.0 Å². The van der Waals surface area contributed by atoms with Gasteiger partial charge in [0.1, 0.15) is 16.1 Å². The molecule has 8 heteroatoms. The van der Waals surface area contributed by atoms with Gasteiger partial charge in [-0.15, -0.1) is 22.7 Å². The third-order valence-electron chi connectivity index (χ3n) is 7.54. The molecule has 0 bridgehead atoms. The maximum Gasteiger partial charge on any atom is 0.188 e. The largest absolute Gasteiger partial charge is 0.308 e. The van der Waals surface area contributed by atoms with Crippen molar-refractivity contribution in [3.05, 3.63) is 120 Å². The van der Waals surface area contributed by atoms with Gasteiger partial charge in [-0.1, -0.05) is 18.2 Å². The number of nitriles is 2. The molecule has 8 aromatic rings. The van der Waals surface area contributed by atoms with E-state index in [9.17, 15) is 10.5 Å². The van der Waals surface area contributed by atoms with E-state index in [4.69, 9.17) is 16.5 Å². The Morgan fingerprint density at radius 3 is 1.93 bits per heavy atom. The fourth-order valence-electron chi connectivity index (χ4n) is 5.54. The van der Waals surface area contributed by atoms with Crippen LogP contribution in [0.25, 0.3) is 73.9 Å². The summed E-state index contributed by atoms with van der Waals surface area (Å²) in [6, 6.07) is 36.0. The van der Waals surface area contributed by atoms with E-state index < -0.39 is 0 Å². The van der Waals surface area contributed by atoms with E-state index in [0.29, 0.717) is 16.8 Å². The molecule has 0 spiro atoms. The molecule has 0 atom stereocenters. The molecule has 0 N–H and O–H groups in total. The molecular weight excluding hydrogens is 569 g/mol. The van der Waals surface area contributed by atoms with Crippen molar-refractivity contribution in [3.63, 3.8) is 0 Å². The maximum absolute atomic E-state index is 9.94. The highest BCUT2D eigenvalue weighted by Crippen LogP contribution is 2.40. The lowest BCUT2D eigenvalue weighted by Gasteiger charge is -2.10. The van der Waals surface area contributed by atoms with Crippen molar-refractivity contribution in [2.24, 2.45) is 0 Å². The number of aromatic nitrogens is 3. The molecule has 0 saturated heterocycles.